The number of terminal acetylenes is 1. The van der Waals surface area contributed by atoms with Crippen LogP contribution in [0.3, 0.4) is 0 Å². The molecule has 0 heterocycles. The summed E-state index contributed by atoms with van der Waals surface area (Å²) in [6.07, 6.45) is 5.03. The van der Waals surface area contributed by atoms with Gasteiger partial charge in [-0.2, -0.15) is 0 Å². The van der Waals surface area contributed by atoms with Crippen molar-refractivity contribution in [2.75, 3.05) is 13.6 Å². The van der Waals surface area contributed by atoms with Gasteiger partial charge in [0, 0.05) is 7.05 Å². The Kier molecular flexibility index (Phi) is 4.06. The number of nitrogens with zero attached hydrogens (tertiary/aromatic N) is 1. The molecule has 0 bridgehead atoms. The zero-order valence-corrected chi connectivity index (χ0v) is 10.4. The van der Waals surface area contributed by atoms with E-state index in [9.17, 15) is 17.6 Å². The van der Waals surface area contributed by atoms with E-state index in [1.165, 1.54) is 7.05 Å². The number of carbonyl (C=O) groups excluding carboxylic acids is 1. The molecule has 5 nitrogen and oxygen atoms in total. The molecule has 1 rings (SSSR count). The van der Waals surface area contributed by atoms with Crippen molar-refractivity contribution in [2.45, 2.75) is 4.90 Å². The first-order valence-electron chi connectivity index (χ1n) is 4.78. The third-order valence-electron chi connectivity index (χ3n) is 2.17. The van der Waals surface area contributed by atoms with E-state index in [1.54, 1.807) is 0 Å². The molecule has 0 aliphatic rings. The fourth-order valence-electron chi connectivity index (χ4n) is 1.26. The molecule has 0 spiro atoms. The Balaban J connectivity index is 3.15. The molecule has 18 heavy (non-hydrogen) atoms. The normalized spacial score (nSPS) is 10.8. The van der Waals surface area contributed by atoms with E-state index in [-0.39, 0.29) is 12.1 Å². The van der Waals surface area contributed by atoms with Gasteiger partial charge in [-0.15, -0.1) is 6.42 Å². The number of benzene rings is 1. The fraction of sp³-hybridized carbons (Fsp3) is 0.182. The minimum atomic E-state index is -4.00. The smallest absolute Gasteiger partial charge is 0.257 e. The lowest BCUT2D eigenvalue weighted by molar-refractivity contribution is 0.0808. The molecule has 0 aliphatic carbocycles. The number of hydrogen-bond donors (Lipinski definition) is 1. The number of hydrogen-bond acceptors (Lipinski definition) is 3. The van der Waals surface area contributed by atoms with Crippen LogP contribution in [-0.2, 0) is 10.0 Å². The van der Waals surface area contributed by atoms with Crippen LogP contribution < -0.4 is 5.14 Å². The molecule has 0 atom stereocenters. The zero-order chi connectivity index (χ0) is 13.9. The van der Waals surface area contributed by atoms with Crippen LogP contribution in [0.5, 0.6) is 0 Å². The molecule has 0 saturated carbocycles. The Bertz CT molecular complexity index is 620. The Labute approximate surface area is 104 Å². The van der Waals surface area contributed by atoms with Crippen LogP contribution in [0.25, 0.3) is 0 Å². The maximum absolute atomic E-state index is 13.6. The van der Waals surface area contributed by atoms with Gasteiger partial charge in [0.2, 0.25) is 10.0 Å². The molecule has 2 N–H and O–H groups in total. The van der Waals surface area contributed by atoms with Crippen molar-refractivity contribution in [3.05, 3.63) is 29.6 Å². The van der Waals surface area contributed by atoms with Crippen molar-refractivity contribution in [1.29, 1.82) is 0 Å². The topological polar surface area (TPSA) is 80.5 Å². The Morgan fingerprint density at radius 2 is 2.17 bits per heavy atom. The number of amides is 1. The molecule has 0 saturated heterocycles. The van der Waals surface area contributed by atoms with Crippen LogP contribution in [-0.4, -0.2) is 32.8 Å². The van der Waals surface area contributed by atoms with E-state index in [1.807, 2.05) is 0 Å². The van der Waals surface area contributed by atoms with Gasteiger partial charge >= 0.3 is 0 Å². The molecule has 1 aromatic carbocycles. The summed E-state index contributed by atoms with van der Waals surface area (Å²) in [6, 6.07) is 2.83. The van der Waals surface area contributed by atoms with E-state index in [4.69, 9.17) is 11.6 Å². The second-order valence-corrected chi connectivity index (χ2v) is 5.11. The average Bonchev–Trinajstić information content (AvgIpc) is 2.27. The SMILES string of the molecule is C#CCN(C)C(=O)c1ccc(S(N)(=O)=O)cc1F. The van der Waals surface area contributed by atoms with Crippen molar-refractivity contribution in [1.82, 2.24) is 4.90 Å². The molecule has 0 radical (unpaired) electrons. The van der Waals surface area contributed by atoms with Gasteiger partial charge in [-0.05, 0) is 18.2 Å². The van der Waals surface area contributed by atoms with Crippen LogP contribution in [0.4, 0.5) is 4.39 Å². The second kappa shape index (κ2) is 5.16. The van der Waals surface area contributed by atoms with E-state index >= 15 is 0 Å². The lowest BCUT2D eigenvalue weighted by atomic mass is 10.2. The molecule has 1 aromatic rings. The van der Waals surface area contributed by atoms with Crippen LogP contribution >= 0.6 is 0 Å². The summed E-state index contributed by atoms with van der Waals surface area (Å²) in [5, 5.41) is 4.84. The van der Waals surface area contributed by atoms with Gasteiger partial charge in [0.1, 0.15) is 5.82 Å². The van der Waals surface area contributed by atoms with Crippen molar-refractivity contribution in [3.8, 4) is 12.3 Å². The molecule has 0 aliphatic heterocycles. The summed E-state index contributed by atoms with van der Waals surface area (Å²) in [7, 11) is -2.58. The van der Waals surface area contributed by atoms with E-state index in [2.05, 4.69) is 5.92 Å². The Morgan fingerprint density at radius 3 is 2.61 bits per heavy atom. The van der Waals surface area contributed by atoms with Crippen LogP contribution in [0.2, 0.25) is 0 Å². The van der Waals surface area contributed by atoms with E-state index in [0.717, 1.165) is 17.0 Å². The first-order chi connectivity index (χ1) is 8.27. The fourth-order valence-corrected chi connectivity index (χ4v) is 1.79. The number of nitrogens with two attached hydrogens (primary N) is 1. The minimum absolute atomic E-state index is 0.0230. The Morgan fingerprint density at radius 1 is 1.56 bits per heavy atom. The molecule has 7 heteroatoms. The summed E-state index contributed by atoms with van der Waals surface area (Å²) < 4.78 is 35.6. The highest BCUT2D eigenvalue weighted by Gasteiger charge is 2.18. The van der Waals surface area contributed by atoms with E-state index in [0.29, 0.717) is 6.07 Å². The molecular weight excluding hydrogens is 259 g/mol. The predicted octanol–water partition coefficient (Wildman–Crippen LogP) is 0.178. The average molecular weight is 270 g/mol. The van der Waals surface area contributed by atoms with Gasteiger partial charge in [-0.25, -0.2) is 17.9 Å². The lowest BCUT2D eigenvalue weighted by Gasteiger charge is -2.14. The van der Waals surface area contributed by atoms with Gasteiger partial charge < -0.3 is 4.90 Å². The molecular formula is C11H11FN2O3S. The number of primary sulfonamides is 1. The highest BCUT2D eigenvalue weighted by atomic mass is 32.2. The third kappa shape index (κ3) is 3.06. The first-order valence-corrected chi connectivity index (χ1v) is 6.33. The maximum atomic E-state index is 13.6. The van der Waals surface area contributed by atoms with Crippen LogP contribution in [0.15, 0.2) is 23.1 Å². The van der Waals surface area contributed by atoms with Crippen molar-refractivity contribution in [2.24, 2.45) is 5.14 Å². The molecule has 0 unspecified atom stereocenters. The predicted molar refractivity (Wildman–Crippen MR) is 63.6 cm³/mol. The van der Waals surface area contributed by atoms with E-state index < -0.39 is 26.6 Å². The summed E-state index contributed by atoms with van der Waals surface area (Å²) in [4.78, 5) is 12.5. The van der Waals surface area contributed by atoms with Gasteiger partial charge in [-0.3, -0.25) is 4.79 Å². The largest absolute Gasteiger partial charge is 0.330 e. The summed E-state index contributed by atoms with van der Waals surface area (Å²) in [5.41, 5.74) is -0.264. The quantitative estimate of drug-likeness (QED) is 0.795. The van der Waals surface area contributed by atoms with Crippen LogP contribution in [0.1, 0.15) is 10.4 Å². The molecule has 0 fully saturated rings. The van der Waals surface area contributed by atoms with Gasteiger partial charge in [-0.1, -0.05) is 5.92 Å². The zero-order valence-electron chi connectivity index (χ0n) is 9.55. The van der Waals surface area contributed by atoms with Gasteiger partial charge in [0.15, 0.2) is 0 Å². The number of rotatable bonds is 3. The first kappa shape index (κ1) is 14.2. The summed E-state index contributed by atoms with van der Waals surface area (Å²) in [5.74, 6) is 0.644. The second-order valence-electron chi connectivity index (χ2n) is 3.55. The van der Waals surface area contributed by atoms with Crippen LogP contribution in [0, 0.1) is 18.2 Å². The minimum Gasteiger partial charge on any atom is -0.330 e. The highest BCUT2D eigenvalue weighted by molar-refractivity contribution is 7.89. The number of sulfonamides is 1. The molecule has 1 amide bonds. The standard InChI is InChI=1S/C11H11FN2O3S/c1-3-6-14(2)11(15)9-5-4-8(7-10(9)12)18(13,16)17/h1,4-5,7H,6H2,2H3,(H2,13,16,17). The maximum Gasteiger partial charge on any atom is 0.257 e. The Hall–Kier alpha value is -1.91. The van der Waals surface area contributed by atoms with Crippen molar-refractivity contribution >= 4 is 15.9 Å². The van der Waals surface area contributed by atoms with Crippen molar-refractivity contribution < 1.29 is 17.6 Å². The molecule has 0 aromatic heterocycles. The summed E-state index contributed by atoms with van der Waals surface area (Å²) in [6.45, 7) is 0.0230. The van der Waals surface area contributed by atoms with Gasteiger partial charge in [0.05, 0.1) is 17.0 Å². The third-order valence-corrected chi connectivity index (χ3v) is 3.09. The summed E-state index contributed by atoms with van der Waals surface area (Å²) >= 11 is 0. The number of carbonyl (C=O) groups is 1. The highest BCUT2D eigenvalue weighted by Crippen LogP contribution is 2.15. The lowest BCUT2D eigenvalue weighted by Crippen LogP contribution is -2.28. The molecule has 96 valence electrons. The number of halogens is 1. The monoisotopic (exact) mass is 270 g/mol. The van der Waals surface area contributed by atoms with Gasteiger partial charge in [0.25, 0.3) is 5.91 Å². The van der Waals surface area contributed by atoms with Crippen molar-refractivity contribution in [3.63, 3.8) is 0 Å².